The van der Waals surface area contributed by atoms with Crippen molar-refractivity contribution >= 4 is 19.8 Å². The van der Waals surface area contributed by atoms with Gasteiger partial charge in [0.2, 0.25) is 0 Å². The molecule has 0 radical (unpaired) electrons. The number of esters is 2. The van der Waals surface area contributed by atoms with Gasteiger partial charge in [-0.1, -0.05) is 410 Å². The highest BCUT2D eigenvalue weighted by molar-refractivity contribution is 7.47. The van der Waals surface area contributed by atoms with Crippen LogP contribution in [0.4, 0.5) is 0 Å². The van der Waals surface area contributed by atoms with Crippen molar-refractivity contribution in [3.05, 3.63) is 36.5 Å². The molecule has 0 spiro atoms. The Bertz CT molecular complexity index is 1590. The summed E-state index contributed by atoms with van der Waals surface area (Å²) in [6.07, 6.45) is 98.7. The Morgan fingerprint density at radius 3 is 0.846 bits per heavy atom. The van der Waals surface area contributed by atoms with E-state index in [4.69, 9.17) is 24.3 Å². The smallest absolute Gasteiger partial charge is 0.462 e. The quantitative estimate of drug-likeness (QED) is 0.0264. The topological polar surface area (TPSA) is 134 Å². The average molecular weight is 1300 g/mol. The summed E-state index contributed by atoms with van der Waals surface area (Å²) in [4.78, 5) is 35.5. The average Bonchev–Trinajstić information content (AvgIpc) is 3.74. The molecule has 0 bridgehead atoms. The van der Waals surface area contributed by atoms with Crippen LogP contribution in [0.5, 0.6) is 0 Å². The first kappa shape index (κ1) is 89.2. The first-order valence-corrected chi connectivity index (χ1v) is 42.0. The zero-order chi connectivity index (χ0) is 65.8. The van der Waals surface area contributed by atoms with Gasteiger partial charge >= 0.3 is 19.8 Å². The van der Waals surface area contributed by atoms with Crippen LogP contribution in [0.3, 0.4) is 0 Å². The molecular formula is C81H156NO8P. The fourth-order valence-electron chi connectivity index (χ4n) is 12.5. The number of carbonyl (C=O) groups is 2. The van der Waals surface area contributed by atoms with Crippen LogP contribution in [0.25, 0.3) is 0 Å². The van der Waals surface area contributed by atoms with Crippen LogP contribution in [-0.4, -0.2) is 49.3 Å². The van der Waals surface area contributed by atoms with E-state index in [1.807, 2.05) is 0 Å². The van der Waals surface area contributed by atoms with E-state index in [0.29, 0.717) is 6.42 Å². The third-order valence-electron chi connectivity index (χ3n) is 18.5. The summed E-state index contributed by atoms with van der Waals surface area (Å²) in [7, 11) is -4.39. The summed E-state index contributed by atoms with van der Waals surface area (Å²) < 4.78 is 33.3. The standard InChI is InChI=1S/C81H156NO8P/c1-3-5-7-9-11-13-15-17-19-21-23-25-27-29-31-33-35-37-38-39-40-42-43-45-47-49-51-53-55-57-59-61-63-65-67-69-71-73-80(83)87-77-79(78-89-91(85,86)88-76-75-82)90-81(84)74-72-70-68-66-64-62-60-58-56-54-52-50-48-46-44-41-36-34-32-30-28-26-24-22-20-18-16-14-12-10-8-6-4-2/h16,18,22,24,28,30,79H,3-15,17,19-21,23,25-27,29,31-78,82H2,1-2H3,(H,85,86)/b18-16-,24-22-,30-28-. The molecule has 538 valence electrons. The van der Waals surface area contributed by atoms with Gasteiger partial charge in [-0.3, -0.25) is 18.6 Å². The van der Waals surface area contributed by atoms with Crippen molar-refractivity contribution in [3.8, 4) is 0 Å². The molecule has 91 heavy (non-hydrogen) atoms. The molecule has 3 N–H and O–H groups in total. The molecule has 10 heteroatoms. The van der Waals surface area contributed by atoms with E-state index in [9.17, 15) is 19.0 Å². The maximum atomic E-state index is 12.8. The molecule has 9 nitrogen and oxygen atoms in total. The van der Waals surface area contributed by atoms with Crippen LogP contribution >= 0.6 is 7.82 Å². The van der Waals surface area contributed by atoms with Crippen LogP contribution in [0.15, 0.2) is 36.5 Å². The summed E-state index contributed by atoms with van der Waals surface area (Å²) in [5.41, 5.74) is 5.42. The highest BCUT2D eigenvalue weighted by atomic mass is 31.2. The summed E-state index contributed by atoms with van der Waals surface area (Å²) in [6.45, 7) is 3.82. The minimum atomic E-state index is -4.39. The molecule has 0 amide bonds. The van der Waals surface area contributed by atoms with E-state index in [2.05, 4.69) is 50.3 Å². The molecule has 0 fully saturated rings. The summed E-state index contributed by atoms with van der Waals surface area (Å²) >= 11 is 0. The van der Waals surface area contributed by atoms with Gasteiger partial charge in [0.25, 0.3) is 0 Å². The fourth-order valence-corrected chi connectivity index (χ4v) is 13.3. The molecule has 0 aromatic rings. The molecule has 2 atom stereocenters. The third-order valence-corrected chi connectivity index (χ3v) is 19.5. The van der Waals surface area contributed by atoms with Crippen molar-refractivity contribution in [2.45, 2.75) is 444 Å². The maximum Gasteiger partial charge on any atom is 0.472 e. The van der Waals surface area contributed by atoms with E-state index in [0.717, 1.165) is 44.9 Å². The monoisotopic (exact) mass is 1300 g/mol. The van der Waals surface area contributed by atoms with E-state index >= 15 is 0 Å². The van der Waals surface area contributed by atoms with E-state index in [-0.39, 0.29) is 38.6 Å². The minimum absolute atomic E-state index is 0.0563. The van der Waals surface area contributed by atoms with Gasteiger partial charge in [-0.25, -0.2) is 4.57 Å². The lowest BCUT2D eigenvalue weighted by molar-refractivity contribution is -0.161. The number of rotatable bonds is 78. The number of phosphoric acid groups is 1. The Morgan fingerprint density at radius 2 is 0.571 bits per heavy atom. The molecule has 0 saturated carbocycles. The molecule has 0 aromatic carbocycles. The van der Waals surface area contributed by atoms with Crippen LogP contribution in [0, 0.1) is 0 Å². The number of hydrogen-bond acceptors (Lipinski definition) is 8. The SMILES string of the molecule is CCCCCCC/C=C\C/C=C\C/C=C\CCCCCCCCCCCCCCCCCCCCC(=O)OC(COC(=O)CCCCCCCCCCCCCCCCCCCCCCCCCCCCCCCCCCCCCCC)COP(=O)(O)OCCN. The largest absolute Gasteiger partial charge is 0.472 e. The molecule has 0 rings (SSSR count). The molecule has 0 saturated heterocycles. The molecule has 0 heterocycles. The van der Waals surface area contributed by atoms with E-state index in [1.54, 1.807) is 0 Å². The van der Waals surface area contributed by atoms with Crippen LogP contribution < -0.4 is 5.73 Å². The molecular weight excluding hydrogens is 1150 g/mol. The predicted molar refractivity (Wildman–Crippen MR) is 395 cm³/mol. The van der Waals surface area contributed by atoms with Crippen molar-refractivity contribution in [2.75, 3.05) is 26.4 Å². The lowest BCUT2D eigenvalue weighted by Gasteiger charge is -2.19. The van der Waals surface area contributed by atoms with Gasteiger partial charge in [-0.15, -0.1) is 0 Å². The Labute approximate surface area is 566 Å². The molecule has 0 aliphatic rings. The Hall–Kier alpha value is -1.77. The van der Waals surface area contributed by atoms with Crippen molar-refractivity contribution in [3.63, 3.8) is 0 Å². The van der Waals surface area contributed by atoms with Gasteiger partial charge in [-0.2, -0.15) is 0 Å². The van der Waals surface area contributed by atoms with Crippen molar-refractivity contribution < 1.29 is 37.6 Å². The van der Waals surface area contributed by atoms with Gasteiger partial charge in [0.15, 0.2) is 6.10 Å². The second-order valence-electron chi connectivity index (χ2n) is 27.7. The first-order chi connectivity index (χ1) is 44.8. The Kier molecular flexibility index (Phi) is 75.7. The van der Waals surface area contributed by atoms with Crippen molar-refractivity contribution in [1.29, 1.82) is 0 Å². The van der Waals surface area contributed by atoms with E-state index in [1.165, 1.54) is 360 Å². The normalized spacial score (nSPS) is 13.0. The highest BCUT2D eigenvalue weighted by Gasteiger charge is 2.26. The zero-order valence-electron chi connectivity index (χ0n) is 60.9. The summed E-state index contributed by atoms with van der Waals surface area (Å²) in [6, 6.07) is 0. The second-order valence-corrected chi connectivity index (χ2v) is 29.1. The van der Waals surface area contributed by atoms with Gasteiger partial charge in [-0.05, 0) is 51.4 Å². The number of hydrogen-bond donors (Lipinski definition) is 2. The summed E-state index contributed by atoms with van der Waals surface area (Å²) in [5.74, 6) is -0.801. The van der Waals surface area contributed by atoms with Gasteiger partial charge in [0.05, 0.1) is 13.2 Å². The van der Waals surface area contributed by atoms with Crippen LogP contribution in [0.1, 0.15) is 438 Å². The molecule has 0 aliphatic heterocycles. The van der Waals surface area contributed by atoms with Crippen LogP contribution in [0.2, 0.25) is 0 Å². The van der Waals surface area contributed by atoms with Crippen molar-refractivity contribution in [1.82, 2.24) is 0 Å². The molecule has 2 unspecified atom stereocenters. The van der Waals surface area contributed by atoms with Gasteiger partial charge in [0.1, 0.15) is 6.61 Å². The maximum absolute atomic E-state index is 12.8. The zero-order valence-corrected chi connectivity index (χ0v) is 61.8. The number of unbranched alkanes of at least 4 members (excludes halogenated alkanes) is 59. The fraction of sp³-hybridized carbons (Fsp3) is 0.901. The number of ether oxygens (including phenoxy) is 2. The Morgan fingerprint density at radius 1 is 0.330 bits per heavy atom. The lowest BCUT2D eigenvalue weighted by Crippen LogP contribution is -2.29. The second kappa shape index (κ2) is 77.2. The van der Waals surface area contributed by atoms with E-state index < -0.39 is 26.5 Å². The lowest BCUT2D eigenvalue weighted by atomic mass is 10.0. The third kappa shape index (κ3) is 77.1. The summed E-state index contributed by atoms with van der Waals surface area (Å²) in [5, 5.41) is 0. The van der Waals surface area contributed by atoms with Crippen molar-refractivity contribution in [2.24, 2.45) is 5.73 Å². The number of nitrogens with two attached hydrogens (primary N) is 1. The van der Waals surface area contributed by atoms with Crippen LogP contribution in [-0.2, 0) is 32.7 Å². The number of allylic oxidation sites excluding steroid dienone is 6. The molecule has 0 aliphatic carbocycles. The minimum Gasteiger partial charge on any atom is -0.462 e. The number of phosphoric ester groups is 1. The Balaban J connectivity index is 3.74. The number of carbonyl (C=O) groups excluding carboxylic acids is 2. The van der Waals surface area contributed by atoms with Gasteiger partial charge < -0.3 is 20.1 Å². The predicted octanol–water partition coefficient (Wildman–Crippen LogP) is 27.0. The highest BCUT2D eigenvalue weighted by Crippen LogP contribution is 2.43. The first-order valence-electron chi connectivity index (χ1n) is 40.5. The van der Waals surface area contributed by atoms with Gasteiger partial charge in [0, 0.05) is 19.4 Å². The molecule has 0 aromatic heterocycles.